The third-order valence-electron chi connectivity index (χ3n) is 9.10. The van der Waals surface area contributed by atoms with E-state index in [0.717, 1.165) is 83.5 Å². The van der Waals surface area contributed by atoms with Crippen LogP contribution in [0.4, 0.5) is 0 Å². The van der Waals surface area contributed by atoms with Crippen LogP contribution < -0.4 is 0 Å². The van der Waals surface area contributed by atoms with Crippen molar-refractivity contribution in [3.63, 3.8) is 0 Å². The van der Waals surface area contributed by atoms with Gasteiger partial charge in [-0.1, -0.05) is 142 Å². The van der Waals surface area contributed by atoms with Gasteiger partial charge in [0.2, 0.25) is 0 Å². The highest BCUT2D eigenvalue weighted by Gasteiger charge is 2.48. The second kappa shape index (κ2) is 39.1. The summed E-state index contributed by atoms with van der Waals surface area (Å²) in [7, 11) is -5.08. The summed E-state index contributed by atoms with van der Waals surface area (Å²) in [5.41, 5.74) is 0. The molecule has 13 heteroatoms. The summed E-state index contributed by atoms with van der Waals surface area (Å²) in [6, 6.07) is 0. The zero-order chi connectivity index (χ0) is 45.4. The first kappa shape index (κ1) is 56.5. The van der Waals surface area contributed by atoms with Crippen LogP contribution in [-0.2, 0) is 38.3 Å². The zero-order valence-corrected chi connectivity index (χ0v) is 37.9. The molecular weight excluding hydrogens is 813 g/mol. The van der Waals surface area contributed by atoms with Crippen molar-refractivity contribution in [1.29, 1.82) is 0 Å². The molecule has 0 bridgehead atoms. The van der Waals surface area contributed by atoms with Crippen molar-refractivity contribution in [2.45, 2.75) is 153 Å². The van der Waals surface area contributed by atoms with E-state index in [2.05, 4.69) is 127 Å². The molecule has 62 heavy (non-hydrogen) atoms. The van der Waals surface area contributed by atoms with Crippen molar-refractivity contribution < 1.29 is 56.2 Å². The average Bonchev–Trinajstić information content (AvgIpc) is 3.24. The van der Waals surface area contributed by atoms with Gasteiger partial charge < -0.3 is 34.3 Å². The molecule has 4 N–H and O–H groups in total. The minimum absolute atomic E-state index is 0.0413. The second-order valence-corrected chi connectivity index (χ2v) is 15.6. The van der Waals surface area contributed by atoms with Gasteiger partial charge in [0.15, 0.2) is 6.29 Å². The summed E-state index contributed by atoms with van der Waals surface area (Å²) in [6.45, 7) is 3.45. The van der Waals surface area contributed by atoms with Crippen molar-refractivity contribution >= 4 is 16.4 Å². The number of hydrogen-bond donors (Lipinski definition) is 4. The fourth-order valence-corrected chi connectivity index (χ4v) is 6.33. The molecule has 0 saturated carbocycles. The Kier molecular flexibility index (Phi) is 35.7. The van der Waals surface area contributed by atoms with E-state index >= 15 is 0 Å². The number of esters is 1. The first-order valence-corrected chi connectivity index (χ1v) is 23.7. The molecule has 0 aromatic rings. The largest absolute Gasteiger partial charge is 0.457 e. The summed E-state index contributed by atoms with van der Waals surface area (Å²) in [5.74, 6) is -0.462. The molecule has 1 saturated heterocycles. The molecule has 0 aromatic carbocycles. The maximum absolute atomic E-state index is 12.8. The molecule has 6 unspecified atom stereocenters. The number of ether oxygens (including phenoxy) is 4. The SMILES string of the molecule is CC/C=C\C/C=C\C/C=C\C/C=C\C/C=C\CCCCCC(=O)OC(COCC/C=C\C/C=C\C/C=C\C/C=C\C/C=C\CC)COC1OC(CO)C(O)C(OS(=O)(=O)O)C1O. The van der Waals surface area contributed by atoms with E-state index in [0.29, 0.717) is 19.4 Å². The van der Waals surface area contributed by atoms with E-state index in [1.54, 1.807) is 0 Å². The molecule has 1 aliphatic heterocycles. The third kappa shape index (κ3) is 32.2. The van der Waals surface area contributed by atoms with Crippen molar-refractivity contribution in [2.24, 2.45) is 0 Å². The monoisotopic (exact) mass is 889 g/mol. The molecule has 0 radical (unpaired) electrons. The van der Waals surface area contributed by atoms with Crippen LogP contribution in [-0.4, -0.2) is 97.5 Å². The Balaban J connectivity index is 2.53. The summed E-state index contributed by atoms with van der Waals surface area (Å²) >= 11 is 0. The number of unbranched alkanes of at least 4 members (excludes halogenated alkanes) is 3. The van der Waals surface area contributed by atoms with Gasteiger partial charge >= 0.3 is 16.4 Å². The highest BCUT2D eigenvalue weighted by atomic mass is 32.3. The number of carbonyl (C=O) groups is 1. The van der Waals surface area contributed by atoms with Gasteiger partial charge in [-0.15, -0.1) is 0 Å². The second-order valence-electron chi connectivity index (χ2n) is 14.5. The summed E-state index contributed by atoms with van der Waals surface area (Å²) in [4.78, 5) is 12.8. The summed E-state index contributed by atoms with van der Waals surface area (Å²) in [6.07, 6.45) is 46.8. The van der Waals surface area contributed by atoms with Gasteiger partial charge in [0.25, 0.3) is 0 Å². The zero-order valence-electron chi connectivity index (χ0n) is 37.1. The molecule has 0 amide bonds. The first-order valence-electron chi connectivity index (χ1n) is 22.3. The number of hydrogen-bond acceptors (Lipinski definition) is 11. The molecule has 1 fully saturated rings. The number of carbonyl (C=O) groups excluding carboxylic acids is 1. The van der Waals surface area contributed by atoms with Crippen LogP contribution in [0.25, 0.3) is 0 Å². The van der Waals surface area contributed by atoms with Crippen molar-refractivity contribution in [2.75, 3.05) is 26.4 Å². The number of aliphatic hydroxyl groups is 3. The minimum Gasteiger partial charge on any atom is -0.457 e. The van der Waals surface area contributed by atoms with Crippen LogP contribution >= 0.6 is 0 Å². The minimum atomic E-state index is -5.08. The van der Waals surface area contributed by atoms with E-state index < -0.39 is 59.8 Å². The topological polar surface area (TPSA) is 178 Å². The first-order chi connectivity index (χ1) is 30.1. The number of rotatable bonds is 36. The quantitative estimate of drug-likeness (QED) is 0.0203. The smallest absolute Gasteiger partial charge is 0.397 e. The summed E-state index contributed by atoms with van der Waals surface area (Å²) in [5, 5.41) is 30.6. The normalized spacial score (nSPS) is 21.2. The number of allylic oxidation sites excluding steroid dienone is 19. The Morgan fingerprint density at radius 2 is 1.06 bits per heavy atom. The standard InChI is InChI=1S/C49H76O12S/c1-3-5-7-9-11-13-15-17-19-21-22-23-24-26-28-30-32-34-36-38-45(51)59-43(42-58-49-47(53)48(61-62(54,55)56)46(52)44(40-50)60-49)41-57-39-37-35-33-31-29-27-25-20-18-16-14-12-10-8-6-4-2/h5-8,11-14,17-20,22-23,26-29,33,35,43-44,46-50,52-53H,3-4,9-10,15-16,21,24-25,30-32,34,36-42H2,1-2H3,(H,54,55,56)/b7-5-,8-6-,13-11-,14-12-,19-17-,20-18-,23-22-,28-26-,29-27-,35-33-. The molecule has 0 aliphatic carbocycles. The molecule has 6 atom stereocenters. The Morgan fingerprint density at radius 1 is 0.613 bits per heavy atom. The van der Waals surface area contributed by atoms with E-state index in [9.17, 15) is 28.5 Å². The number of aliphatic hydroxyl groups excluding tert-OH is 3. The lowest BCUT2D eigenvalue weighted by atomic mass is 9.99. The molecule has 1 rings (SSSR count). The van der Waals surface area contributed by atoms with E-state index in [-0.39, 0.29) is 19.6 Å². The van der Waals surface area contributed by atoms with Crippen LogP contribution in [0.1, 0.15) is 117 Å². The van der Waals surface area contributed by atoms with Gasteiger partial charge in [0.05, 0.1) is 26.4 Å². The average molecular weight is 889 g/mol. The fourth-order valence-electron chi connectivity index (χ4n) is 5.82. The molecular formula is C49H76O12S. The van der Waals surface area contributed by atoms with Crippen LogP contribution in [0.2, 0.25) is 0 Å². The maximum Gasteiger partial charge on any atom is 0.397 e. The van der Waals surface area contributed by atoms with Crippen molar-refractivity contribution in [3.8, 4) is 0 Å². The lowest BCUT2D eigenvalue weighted by Gasteiger charge is -2.41. The van der Waals surface area contributed by atoms with E-state index in [1.807, 2.05) is 12.2 Å². The van der Waals surface area contributed by atoms with E-state index in [4.69, 9.17) is 23.5 Å². The molecule has 12 nitrogen and oxygen atoms in total. The van der Waals surface area contributed by atoms with Gasteiger partial charge in [-0.3, -0.25) is 9.35 Å². The summed E-state index contributed by atoms with van der Waals surface area (Å²) < 4.78 is 58.9. The molecule has 0 aromatic heterocycles. The fraction of sp³-hybridized carbons (Fsp3) is 0.571. The highest BCUT2D eigenvalue weighted by molar-refractivity contribution is 7.80. The van der Waals surface area contributed by atoms with Crippen LogP contribution in [0.15, 0.2) is 122 Å². The molecule has 1 aliphatic rings. The van der Waals surface area contributed by atoms with Gasteiger partial charge in [-0.05, 0) is 89.9 Å². The molecule has 0 spiro atoms. The Labute approximate surface area is 372 Å². The van der Waals surface area contributed by atoms with Crippen LogP contribution in [0.3, 0.4) is 0 Å². The van der Waals surface area contributed by atoms with Gasteiger partial charge in [-0.25, -0.2) is 4.18 Å². The predicted octanol–water partition coefficient (Wildman–Crippen LogP) is 9.40. The Bertz CT molecular complexity index is 1540. The van der Waals surface area contributed by atoms with Gasteiger partial charge in [0.1, 0.15) is 30.5 Å². The lowest BCUT2D eigenvalue weighted by molar-refractivity contribution is -0.301. The van der Waals surface area contributed by atoms with Gasteiger partial charge in [0, 0.05) is 6.42 Å². The van der Waals surface area contributed by atoms with Crippen LogP contribution in [0, 0.1) is 0 Å². The highest BCUT2D eigenvalue weighted by Crippen LogP contribution is 2.26. The molecule has 1 heterocycles. The van der Waals surface area contributed by atoms with Crippen molar-refractivity contribution in [3.05, 3.63) is 122 Å². The third-order valence-corrected chi connectivity index (χ3v) is 9.56. The lowest BCUT2D eigenvalue weighted by Crippen LogP contribution is -2.60. The predicted molar refractivity (Wildman–Crippen MR) is 247 cm³/mol. The maximum atomic E-state index is 12.8. The van der Waals surface area contributed by atoms with Crippen LogP contribution in [0.5, 0.6) is 0 Å². The molecule has 350 valence electrons. The van der Waals surface area contributed by atoms with Crippen molar-refractivity contribution in [1.82, 2.24) is 0 Å². The Hall–Kier alpha value is -3.50. The Morgan fingerprint density at radius 3 is 1.52 bits per heavy atom. The van der Waals surface area contributed by atoms with E-state index in [1.165, 1.54) is 0 Å². The van der Waals surface area contributed by atoms with Gasteiger partial charge in [-0.2, -0.15) is 8.42 Å².